The Bertz CT molecular complexity index is 695. The summed E-state index contributed by atoms with van der Waals surface area (Å²) in [5.74, 6) is 0.454. The van der Waals surface area contributed by atoms with Crippen LogP contribution in [0.5, 0.6) is 0 Å². The molecular weight excluding hydrogens is 283 g/mol. The number of thioether (sulfide) groups is 1. The van der Waals surface area contributed by atoms with Crippen molar-refractivity contribution in [1.29, 1.82) is 5.41 Å². The van der Waals surface area contributed by atoms with Gasteiger partial charge >= 0.3 is 0 Å². The molecule has 0 aliphatic heterocycles. The molecule has 2 nitrogen and oxygen atoms in total. The lowest BCUT2D eigenvalue weighted by molar-refractivity contribution is 0.619. The van der Waals surface area contributed by atoms with Crippen LogP contribution in [-0.2, 0) is 5.75 Å². The van der Waals surface area contributed by atoms with Crippen LogP contribution in [0, 0.1) is 32.0 Å². The Labute approximate surface area is 129 Å². The Morgan fingerprint density at radius 1 is 1.14 bits per heavy atom. The maximum absolute atomic E-state index is 13.5. The minimum absolute atomic E-state index is 0.108. The number of halogens is 1. The standard InChI is InChI=1S/C17H19FN2S/c1-10-6-11(2)15(9-21-17(19)20)14(7-10)13-4-5-16(18)12(3)8-13/h4-8H,9H2,1-3H3,(H3,19,20). The van der Waals surface area contributed by atoms with Gasteiger partial charge in [0.2, 0.25) is 0 Å². The molecule has 0 bridgehead atoms. The van der Waals surface area contributed by atoms with Crippen molar-refractivity contribution in [2.45, 2.75) is 26.5 Å². The van der Waals surface area contributed by atoms with Crippen molar-refractivity contribution in [1.82, 2.24) is 0 Å². The molecule has 0 saturated carbocycles. The van der Waals surface area contributed by atoms with Gasteiger partial charge in [0.05, 0.1) is 0 Å². The molecule has 0 aliphatic carbocycles. The highest BCUT2D eigenvalue weighted by Crippen LogP contribution is 2.31. The summed E-state index contributed by atoms with van der Waals surface area (Å²) in [4.78, 5) is 0. The van der Waals surface area contributed by atoms with Crippen molar-refractivity contribution < 1.29 is 4.39 Å². The lowest BCUT2D eigenvalue weighted by Crippen LogP contribution is -2.05. The molecular formula is C17H19FN2S. The Morgan fingerprint density at radius 2 is 1.86 bits per heavy atom. The van der Waals surface area contributed by atoms with Crippen LogP contribution in [0.3, 0.4) is 0 Å². The Balaban J connectivity index is 2.54. The summed E-state index contributed by atoms with van der Waals surface area (Å²) in [5, 5.41) is 7.49. The predicted molar refractivity (Wildman–Crippen MR) is 89.3 cm³/mol. The van der Waals surface area contributed by atoms with Crippen molar-refractivity contribution >= 4 is 16.9 Å². The molecule has 21 heavy (non-hydrogen) atoms. The van der Waals surface area contributed by atoms with Crippen LogP contribution < -0.4 is 5.73 Å². The molecule has 0 amide bonds. The predicted octanol–water partition coefficient (Wildman–Crippen LogP) is 4.54. The summed E-state index contributed by atoms with van der Waals surface area (Å²) in [5.41, 5.74) is 11.7. The van der Waals surface area contributed by atoms with Crippen LogP contribution >= 0.6 is 11.8 Å². The summed E-state index contributed by atoms with van der Waals surface area (Å²) >= 11 is 1.31. The number of nitrogens with two attached hydrogens (primary N) is 1. The first-order valence-corrected chi connectivity index (χ1v) is 7.70. The third-order valence-electron chi connectivity index (χ3n) is 3.46. The average molecular weight is 302 g/mol. The lowest BCUT2D eigenvalue weighted by Gasteiger charge is -2.15. The highest BCUT2D eigenvalue weighted by atomic mass is 32.2. The summed E-state index contributed by atoms with van der Waals surface area (Å²) in [7, 11) is 0. The molecule has 0 heterocycles. The van der Waals surface area contributed by atoms with Crippen LogP contribution in [-0.4, -0.2) is 5.17 Å². The first-order chi connectivity index (χ1) is 9.88. The van der Waals surface area contributed by atoms with Gasteiger partial charge in [0.15, 0.2) is 5.17 Å². The number of amidine groups is 1. The van der Waals surface area contributed by atoms with Gasteiger partial charge in [-0.25, -0.2) is 4.39 Å². The largest absolute Gasteiger partial charge is 0.379 e. The zero-order valence-corrected chi connectivity index (χ0v) is 13.3. The fourth-order valence-corrected chi connectivity index (χ4v) is 3.09. The summed E-state index contributed by atoms with van der Waals surface area (Å²) < 4.78 is 13.5. The van der Waals surface area contributed by atoms with Crippen LogP contribution in [0.15, 0.2) is 30.3 Å². The molecule has 4 heteroatoms. The SMILES string of the molecule is Cc1cc(C)c(CSC(=N)N)c(-c2ccc(F)c(C)c2)c1. The number of hydrogen-bond acceptors (Lipinski definition) is 2. The Morgan fingerprint density at radius 3 is 2.48 bits per heavy atom. The van der Waals surface area contributed by atoms with Gasteiger partial charge in [0.25, 0.3) is 0 Å². The van der Waals surface area contributed by atoms with E-state index in [4.69, 9.17) is 11.1 Å². The van der Waals surface area contributed by atoms with Gasteiger partial charge in [-0.1, -0.05) is 35.5 Å². The van der Waals surface area contributed by atoms with Crippen molar-refractivity contribution in [3.05, 3.63) is 58.4 Å². The van der Waals surface area contributed by atoms with E-state index in [1.807, 2.05) is 6.07 Å². The highest BCUT2D eigenvalue weighted by Gasteiger charge is 2.11. The fourth-order valence-electron chi connectivity index (χ4n) is 2.41. The molecule has 0 unspecified atom stereocenters. The molecule has 0 aliphatic rings. The molecule has 0 fully saturated rings. The molecule has 0 radical (unpaired) electrons. The fraction of sp³-hybridized carbons (Fsp3) is 0.235. The second-order valence-corrected chi connectivity index (χ2v) is 6.24. The lowest BCUT2D eigenvalue weighted by atomic mass is 9.94. The van der Waals surface area contributed by atoms with Gasteiger partial charge in [-0.15, -0.1) is 0 Å². The Hall–Kier alpha value is -1.81. The molecule has 0 aromatic heterocycles. The molecule has 0 saturated heterocycles. The van der Waals surface area contributed by atoms with E-state index in [9.17, 15) is 4.39 Å². The molecule has 3 N–H and O–H groups in total. The number of benzene rings is 2. The van der Waals surface area contributed by atoms with Crippen molar-refractivity contribution in [3.63, 3.8) is 0 Å². The number of hydrogen-bond donors (Lipinski definition) is 2. The van der Waals surface area contributed by atoms with E-state index in [0.717, 1.165) is 16.7 Å². The summed E-state index contributed by atoms with van der Waals surface area (Å²) in [6, 6.07) is 9.40. The molecule has 2 rings (SSSR count). The van der Waals surface area contributed by atoms with Gasteiger partial charge in [0.1, 0.15) is 5.82 Å². The van der Waals surface area contributed by atoms with Crippen LogP contribution in [0.2, 0.25) is 0 Å². The van der Waals surface area contributed by atoms with Gasteiger partial charge in [-0.3, -0.25) is 5.41 Å². The quantitative estimate of drug-likeness (QED) is 0.646. The third kappa shape index (κ3) is 3.64. The van der Waals surface area contributed by atoms with Gasteiger partial charge in [-0.05, 0) is 60.7 Å². The first kappa shape index (κ1) is 15.6. The van der Waals surface area contributed by atoms with E-state index in [-0.39, 0.29) is 11.0 Å². The van der Waals surface area contributed by atoms with E-state index >= 15 is 0 Å². The summed E-state index contributed by atoms with van der Waals surface area (Å²) in [6.45, 7) is 5.88. The van der Waals surface area contributed by atoms with Crippen LogP contribution in [0.25, 0.3) is 11.1 Å². The molecule has 2 aromatic carbocycles. The molecule has 2 aromatic rings. The minimum Gasteiger partial charge on any atom is -0.379 e. The monoisotopic (exact) mass is 302 g/mol. The second-order valence-electron chi connectivity index (χ2n) is 5.22. The first-order valence-electron chi connectivity index (χ1n) is 6.72. The van der Waals surface area contributed by atoms with Crippen LogP contribution in [0.4, 0.5) is 4.39 Å². The van der Waals surface area contributed by atoms with E-state index in [1.54, 1.807) is 13.0 Å². The smallest absolute Gasteiger partial charge is 0.151 e. The van der Waals surface area contributed by atoms with E-state index < -0.39 is 0 Å². The van der Waals surface area contributed by atoms with Gasteiger partial charge < -0.3 is 5.73 Å². The van der Waals surface area contributed by atoms with Crippen molar-refractivity contribution in [2.75, 3.05) is 0 Å². The zero-order valence-electron chi connectivity index (χ0n) is 12.5. The number of nitrogens with one attached hydrogen (secondary N) is 1. The molecule has 0 atom stereocenters. The van der Waals surface area contributed by atoms with Gasteiger partial charge in [0, 0.05) is 5.75 Å². The number of aryl methyl sites for hydroxylation is 3. The topological polar surface area (TPSA) is 49.9 Å². The highest BCUT2D eigenvalue weighted by molar-refractivity contribution is 8.13. The normalized spacial score (nSPS) is 10.7. The summed E-state index contributed by atoms with van der Waals surface area (Å²) in [6.07, 6.45) is 0. The van der Waals surface area contributed by atoms with E-state index in [2.05, 4.69) is 26.0 Å². The Kier molecular flexibility index (Phi) is 4.68. The zero-order chi connectivity index (χ0) is 15.6. The van der Waals surface area contributed by atoms with Gasteiger partial charge in [-0.2, -0.15) is 0 Å². The number of rotatable bonds is 3. The average Bonchev–Trinajstić information content (AvgIpc) is 2.40. The van der Waals surface area contributed by atoms with Crippen molar-refractivity contribution in [2.24, 2.45) is 5.73 Å². The maximum Gasteiger partial charge on any atom is 0.151 e. The minimum atomic E-state index is -0.192. The second kappa shape index (κ2) is 6.31. The van der Waals surface area contributed by atoms with E-state index in [0.29, 0.717) is 11.3 Å². The molecule has 110 valence electrons. The van der Waals surface area contributed by atoms with E-state index in [1.165, 1.54) is 29.0 Å². The van der Waals surface area contributed by atoms with Crippen molar-refractivity contribution in [3.8, 4) is 11.1 Å². The molecule has 0 spiro atoms. The van der Waals surface area contributed by atoms with Crippen LogP contribution in [0.1, 0.15) is 22.3 Å². The third-order valence-corrected chi connectivity index (χ3v) is 4.20. The maximum atomic E-state index is 13.5.